The van der Waals surface area contributed by atoms with Gasteiger partial charge in [-0.1, -0.05) is 26.0 Å². The number of carbonyl (C=O) groups is 1. The van der Waals surface area contributed by atoms with E-state index in [2.05, 4.69) is 9.97 Å². The molecule has 0 bridgehead atoms. The second-order valence-corrected chi connectivity index (χ2v) is 6.74. The summed E-state index contributed by atoms with van der Waals surface area (Å²) in [6, 6.07) is 7.43. The number of aromatic amines is 1. The van der Waals surface area contributed by atoms with Crippen LogP contribution in [0.3, 0.4) is 0 Å². The molecule has 0 unspecified atom stereocenters. The molecule has 1 aliphatic rings. The lowest BCUT2D eigenvalue weighted by Crippen LogP contribution is -2.40. The molecule has 2 aromatic rings. The van der Waals surface area contributed by atoms with Crippen molar-refractivity contribution in [1.29, 1.82) is 0 Å². The summed E-state index contributed by atoms with van der Waals surface area (Å²) in [5.74, 6) is 1.64. The summed E-state index contributed by atoms with van der Waals surface area (Å²) in [4.78, 5) is 34.0. The smallest absolute Gasteiger partial charge is 0.256 e. The van der Waals surface area contributed by atoms with Gasteiger partial charge in [0.15, 0.2) is 0 Å². The molecule has 0 spiro atoms. The molecule has 0 saturated heterocycles. The van der Waals surface area contributed by atoms with E-state index in [4.69, 9.17) is 4.74 Å². The van der Waals surface area contributed by atoms with Crippen LogP contribution in [0, 0.1) is 5.92 Å². The highest BCUT2D eigenvalue weighted by Gasteiger charge is 2.25. The molecule has 1 aromatic heterocycles. The van der Waals surface area contributed by atoms with Gasteiger partial charge >= 0.3 is 0 Å². The number of fused-ring (bicyclic) bond motifs is 1. The lowest BCUT2D eigenvalue weighted by Gasteiger charge is -2.28. The van der Waals surface area contributed by atoms with Crippen LogP contribution in [0.2, 0.25) is 0 Å². The monoisotopic (exact) mass is 341 g/mol. The first-order valence-electron chi connectivity index (χ1n) is 8.52. The Morgan fingerprint density at radius 2 is 2.20 bits per heavy atom. The predicted molar refractivity (Wildman–Crippen MR) is 95.4 cm³/mol. The third-order valence-corrected chi connectivity index (χ3v) is 4.35. The third-order valence-electron chi connectivity index (χ3n) is 4.35. The molecule has 0 saturated carbocycles. The number of H-pyrrole nitrogens is 1. The molecular weight excluding hydrogens is 318 g/mol. The highest BCUT2D eigenvalue weighted by Crippen LogP contribution is 2.22. The molecule has 25 heavy (non-hydrogen) atoms. The molecule has 1 aliphatic heterocycles. The molecule has 1 N–H and O–H groups in total. The van der Waals surface area contributed by atoms with Crippen molar-refractivity contribution in [1.82, 2.24) is 14.9 Å². The number of hydrogen-bond acceptors (Lipinski definition) is 4. The minimum absolute atomic E-state index is 0.0944. The van der Waals surface area contributed by atoms with Gasteiger partial charge in [0.25, 0.3) is 5.56 Å². The SMILES string of the molecule is COc1cccc(-c2nc3c(c(=O)[nH]2)CN(C(=O)CC(C)C)CC3)c1. The van der Waals surface area contributed by atoms with Gasteiger partial charge in [0, 0.05) is 24.9 Å². The van der Waals surface area contributed by atoms with E-state index in [0.717, 1.165) is 11.3 Å². The summed E-state index contributed by atoms with van der Waals surface area (Å²) in [5.41, 5.74) is 1.99. The number of nitrogens with one attached hydrogen (secondary N) is 1. The highest BCUT2D eigenvalue weighted by molar-refractivity contribution is 5.76. The van der Waals surface area contributed by atoms with E-state index in [1.807, 2.05) is 38.1 Å². The molecule has 0 fully saturated rings. The lowest BCUT2D eigenvalue weighted by molar-refractivity contribution is -0.132. The molecule has 132 valence electrons. The second-order valence-electron chi connectivity index (χ2n) is 6.74. The fraction of sp³-hybridized carbons (Fsp3) is 0.421. The molecule has 0 aliphatic carbocycles. The molecule has 3 rings (SSSR count). The first kappa shape index (κ1) is 17.2. The van der Waals surface area contributed by atoms with Crippen molar-refractivity contribution in [2.75, 3.05) is 13.7 Å². The second kappa shape index (κ2) is 7.09. The van der Waals surface area contributed by atoms with E-state index in [0.29, 0.717) is 49.0 Å². The fourth-order valence-electron chi connectivity index (χ4n) is 3.02. The van der Waals surface area contributed by atoms with Gasteiger partial charge in [-0.3, -0.25) is 9.59 Å². The Hall–Kier alpha value is -2.63. The van der Waals surface area contributed by atoms with Crippen molar-refractivity contribution in [2.45, 2.75) is 33.2 Å². The Morgan fingerprint density at radius 3 is 2.92 bits per heavy atom. The summed E-state index contributed by atoms with van der Waals surface area (Å²) < 4.78 is 5.23. The van der Waals surface area contributed by atoms with Gasteiger partial charge < -0.3 is 14.6 Å². The van der Waals surface area contributed by atoms with Gasteiger partial charge in [0.2, 0.25) is 5.91 Å². The number of benzene rings is 1. The van der Waals surface area contributed by atoms with Gasteiger partial charge in [-0.2, -0.15) is 0 Å². The van der Waals surface area contributed by atoms with Crippen LogP contribution < -0.4 is 10.3 Å². The molecular formula is C19H23N3O3. The minimum Gasteiger partial charge on any atom is -0.497 e. The maximum absolute atomic E-state index is 12.5. The van der Waals surface area contributed by atoms with Crippen LogP contribution in [0.5, 0.6) is 5.75 Å². The zero-order chi connectivity index (χ0) is 18.0. The van der Waals surface area contributed by atoms with Crippen LogP contribution in [-0.2, 0) is 17.8 Å². The van der Waals surface area contributed by atoms with Gasteiger partial charge in [-0.05, 0) is 18.1 Å². The average molecular weight is 341 g/mol. The summed E-state index contributed by atoms with van der Waals surface area (Å²) in [6.45, 7) is 4.98. The Kier molecular flexibility index (Phi) is 4.88. The van der Waals surface area contributed by atoms with Gasteiger partial charge in [-0.25, -0.2) is 4.98 Å². The normalized spacial score (nSPS) is 13.7. The summed E-state index contributed by atoms with van der Waals surface area (Å²) in [6.07, 6.45) is 1.10. The molecule has 0 radical (unpaired) electrons. The Bertz CT molecular complexity index is 842. The van der Waals surface area contributed by atoms with Crippen LogP contribution in [0.15, 0.2) is 29.1 Å². The van der Waals surface area contributed by atoms with Crippen molar-refractivity contribution in [2.24, 2.45) is 5.92 Å². The zero-order valence-electron chi connectivity index (χ0n) is 14.8. The first-order chi connectivity index (χ1) is 12.0. The van der Waals surface area contributed by atoms with Gasteiger partial charge in [0.05, 0.1) is 24.9 Å². The fourth-order valence-corrected chi connectivity index (χ4v) is 3.02. The zero-order valence-corrected chi connectivity index (χ0v) is 14.8. The van der Waals surface area contributed by atoms with Crippen molar-refractivity contribution >= 4 is 5.91 Å². The van der Waals surface area contributed by atoms with E-state index in [9.17, 15) is 9.59 Å². The van der Waals surface area contributed by atoms with E-state index in [1.165, 1.54) is 0 Å². The van der Waals surface area contributed by atoms with Crippen LogP contribution in [0.1, 0.15) is 31.5 Å². The Morgan fingerprint density at radius 1 is 1.40 bits per heavy atom. The van der Waals surface area contributed by atoms with E-state index >= 15 is 0 Å². The number of aromatic nitrogens is 2. The molecule has 1 amide bonds. The van der Waals surface area contributed by atoms with E-state index in [-0.39, 0.29) is 11.5 Å². The first-order valence-corrected chi connectivity index (χ1v) is 8.52. The molecule has 0 atom stereocenters. The van der Waals surface area contributed by atoms with Gasteiger partial charge in [0.1, 0.15) is 11.6 Å². The molecule has 6 heteroatoms. The topological polar surface area (TPSA) is 75.3 Å². The third kappa shape index (κ3) is 3.73. The molecule has 2 heterocycles. The number of amides is 1. The summed E-state index contributed by atoms with van der Waals surface area (Å²) >= 11 is 0. The van der Waals surface area contributed by atoms with Crippen molar-refractivity contribution in [3.8, 4) is 17.1 Å². The Labute approximate surface area is 146 Å². The number of carbonyl (C=O) groups excluding carboxylic acids is 1. The number of hydrogen-bond donors (Lipinski definition) is 1. The number of ether oxygens (including phenoxy) is 1. The predicted octanol–water partition coefficient (Wildman–Crippen LogP) is 2.38. The van der Waals surface area contributed by atoms with Crippen LogP contribution in [0.4, 0.5) is 0 Å². The average Bonchev–Trinajstić information content (AvgIpc) is 2.60. The van der Waals surface area contributed by atoms with Crippen molar-refractivity contribution in [3.63, 3.8) is 0 Å². The van der Waals surface area contributed by atoms with Crippen molar-refractivity contribution in [3.05, 3.63) is 45.9 Å². The standard InChI is InChI=1S/C19H23N3O3/c1-12(2)9-17(23)22-8-7-16-15(11-22)19(24)21-18(20-16)13-5-4-6-14(10-13)25-3/h4-6,10,12H,7-9,11H2,1-3H3,(H,20,21,24). The maximum Gasteiger partial charge on any atom is 0.256 e. The quantitative estimate of drug-likeness (QED) is 0.926. The van der Waals surface area contributed by atoms with E-state index in [1.54, 1.807) is 12.0 Å². The number of rotatable bonds is 4. The van der Waals surface area contributed by atoms with Crippen LogP contribution >= 0.6 is 0 Å². The highest BCUT2D eigenvalue weighted by atomic mass is 16.5. The molecule has 1 aromatic carbocycles. The minimum atomic E-state index is -0.176. The molecule has 6 nitrogen and oxygen atoms in total. The Balaban J connectivity index is 1.89. The van der Waals surface area contributed by atoms with Gasteiger partial charge in [-0.15, -0.1) is 0 Å². The number of nitrogens with zero attached hydrogens (tertiary/aromatic N) is 2. The van der Waals surface area contributed by atoms with Crippen LogP contribution in [-0.4, -0.2) is 34.4 Å². The summed E-state index contributed by atoms with van der Waals surface area (Å²) in [7, 11) is 1.60. The number of methoxy groups -OCH3 is 1. The van der Waals surface area contributed by atoms with Crippen molar-refractivity contribution < 1.29 is 9.53 Å². The van der Waals surface area contributed by atoms with E-state index < -0.39 is 0 Å². The lowest BCUT2D eigenvalue weighted by atomic mass is 10.0. The van der Waals surface area contributed by atoms with Crippen LogP contribution in [0.25, 0.3) is 11.4 Å². The summed E-state index contributed by atoms with van der Waals surface area (Å²) in [5, 5.41) is 0. The maximum atomic E-state index is 12.5. The largest absolute Gasteiger partial charge is 0.497 e.